The van der Waals surface area contributed by atoms with Crippen LogP contribution in [0, 0.1) is 6.92 Å². The van der Waals surface area contributed by atoms with E-state index < -0.39 is 24.3 Å². The maximum Gasteiger partial charge on any atom is 0.313 e. The van der Waals surface area contributed by atoms with Crippen LogP contribution in [-0.2, 0) is 16.6 Å². The first-order valence-electron chi connectivity index (χ1n) is 4.36. The molecule has 1 aromatic heterocycles. The van der Waals surface area contributed by atoms with Crippen LogP contribution in [0.15, 0.2) is 6.20 Å². The Balaban J connectivity index is 3.09. The number of hydrogen-bond acceptors (Lipinski definition) is 3. The molecule has 1 heterocycles. The van der Waals surface area contributed by atoms with Crippen LogP contribution in [0.2, 0.25) is 0 Å². The number of aryl methyl sites for hydroxylation is 2. The van der Waals surface area contributed by atoms with Crippen molar-refractivity contribution < 1.29 is 19.8 Å². The molecule has 0 saturated carbocycles. The third-order valence-electron chi connectivity index (χ3n) is 2.18. The summed E-state index contributed by atoms with van der Waals surface area (Å²) < 4.78 is 1.40. The predicted octanol–water partition coefficient (Wildman–Crippen LogP) is 0.371. The maximum atomic E-state index is 10.9. The number of carbonyl (C=O) groups is 2. The van der Waals surface area contributed by atoms with E-state index in [1.807, 2.05) is 0 Å². The van der Waals surface area contributed by atoms with E-state index >= 15 is 0 Å². The Morgan fingerprint density at radius 2 is 2.13 bits per heavy atom. The quantitative estimate of drug-likeness (QED) is 0.752. The SMILES string of the molecule is Cc1cnn(C)c1C(CC(=O)O)C(=O)O. The lowest BCUT2D eigenvalue weighted by Gasteiger charge is -2.11. The average Bonchev–Trinajstić information content (AvgIpc) is 2.42. The number of rotatable bonds is 4. The summed E-state index contributed by atoms with van der Waals surface area (Å²) in [5.74, 6) is -3.33. The topological polar surface area (TPSA) is 92.4 Å². The molecule has 0 fully saturated rings. The Morgan fingerprint density at radius 3 is 2.47 bits per heavy atom. The van der Waals surface area contributed by atoms with Gasteiger partial charge in [0.1, 0.15) is 5.92 Å². The number of carboxylic acids is 2. The zero-order valence-corrected chi connectivity index (χ0v) is 8.47. The lowest BCUT2D eigenvalue weighted by atomic mass is 9.99. The molecule has 82 valence electrons. The van der Waals surface area contributed by atoms with Crippen molar-refractivity contribution in [3.8, 4) is 0 Å². The Hall–Kier alpha value is -1.85. The highest BCUT2D eigenvalue weighted by molar-refractivity contribution is 5.82. The van der Waals surface area contributed by atoms with Crippen molar-refractivity contribution in [3.63, 3.8) is 0 Å². The minimum atomic E-state index is -1.15. The largest absolute Gasteiger partial charge is 0.481 e. The summed E-state index contributed by atoms with van der Waals surface area (Å²) in [7, 11) is 1.60. The number of aliphatic carboxylic acids is 2. The van der Waals surface area contributed by atoms with Gasteiger partial charge in [-0.25, -0.2) is 0 Å². The van der Waals surface area contributed by atoms with Crippen molar-refractivity contribution in [2.24, 2.45) is 7.05 Å². The fourth-order valence-electron chi connectivity index (χ4n) is 1.53. The zero-order valence-electron chi connectivity index (χ0n) is 8.47. The van der Waals surface area contributed by atoms with Gasteiger partial charge < -0.3 is 10.2 Å². The summed E-state index contributed by atoms with van der Waals surface area (Å²) in [4.78, 5) is 21.5. The molecule has 0 aliphatic heterocycles. The second kappa shape index (κ2) is 4.12. The molecule has 0 aliphatic carbocycles. The molecule has 6 nitrogen and oxygen atoms in total. The van der Waals surface area contributed by atoms with E-state index in [1.165, 1.54) is 10.9 Å². The van der Waals surface area contributed by atoms with E-state index in [1.54, 1.807) is 14.0 Å². The molecule has 15 heavy (non-hydrogen) atoms. The molecule has 0 spiro atoms. The van der Waals surface area contributed by atoms with Crippen molar-refractivity contribution in [2.45, 2.75) is 19.3 Å². The summed E-state index contributed by atoms with van der Waals surface area (Å²) in [5, 5.41) is 21.4. The van der Waals surface area contributed by atoms with Crippen LogP contribution >= 0.6 is 0 Å². The van der Waals surface area contributed by atoms with Crippen molar-refractivity contribution in [3.05, 3.63) is 17.5 Å². The van der Waals surface area contributed by atoms with Crippen LogP contribution in [0.1, 0.15) is 23.6 Å². The number of carboxylic acid groups (broad SMARTS) is 2. The summed E-state index contributed by atoms with van der Waals surface area (Å²) in [5.41, 5.74) is 1.12. The fraction of sp³-hybridized carbons (Fsp3) is 0.444. The lowest BCUT2D eigenvalue weighted by Crippen LogP contribution is -2.19. The van der Waals surface area contributed by atoms with Gasteiger partial charge in [-0.05, 0) is 12.5 Å². The fourth-order valence-corrected chi connectivity index (χ4v) is 1.53. The van der Waals surface area contributed by atoms with Gasteiger partial charge in [0, 0.05) is 7.05 Å². The standard InChI is InChI=1S/C9H12N2O4/c1-5-4-10-11(2)8(5)6(9(14)15)3-7(12)13/h4,6H,3H2,1-2H3,(H,12,13)(H,14,15). The van der Waals surface area contributed by atoms with E-state index in [2.05, 4.69) is 5.10 Å². The Bertz CT molecular complexity index is 377. The number of hydrogen-bond donors (Lipinski definition) is 2. The van der Waals surface area contributed by atoms with E-state index in [0.29, 0.717) is 11.3 Å². The molecule has 1 unspecified atom stereocenters. The first-order chi connectivity index (χ1) is 6.93. The minimum Gasteiger partial charge on any atom is -0.481 e. The Kier molecular flexibility index (Phi) is 3.08. The van der Waals surface area contributed by atoms with Gasteiger partial charge in [-0.2, -0.15) is 5.10 Å². The van der Waals surface area contributed by atoms with Crippen LogP contribution in [0.5, 0.6) is 0 Å². The van der Waals surface area contributed by atoms with Crippen molar-refractivity contribution >= 4 is 11.9 Å². The molecule has 6 heteroatoms. The van der Waals surface area contributed by atoms with Crippen LogP contribution in [0.25, 0.3) is 0 Å². The molecular formula is C9H12N2O4. The monoisotopic (exact) mass is 212 g/mol. The third kappa shape index (κ3) is 2.34. The highest BCUT2D eigenvalue weighted by Gasteiger charge is 2.27. The summed E-state index contributed by atoms with van der Waals surface area (Å²) >= 11 is 0. The minimum absolute atomic E-state index is 0.435. The van der Waals surface area contributed by atoms with Crippen LogP contribution in [0.4, 0.5) is 0 Å². The van der Waals surface area contributed by atoms with Gasteiger partial charge in [-0.15, -0.1) is 0 Å². The molecule has 0 bridgehead atoms. The first-order valence-corrected chi connectivity index (χ1v) is 4.36. The van der Waals surface area contributed by atoms with Gasteiger partial charge in [-0.1, -0.05) is 0 Å². The van der Waals surface area contributed by atoms with Gasteiger partial charge in [0.25, 0.3) is 0 Å². The third-order valence-corrected chi connectivity index (χ3v) is 2.18. The van der Waals surface area contributed by atoms with Gasteiger partial charge in [0.2, 0.25) is 0 Å². The maximum absolute atomic E-state index is 10.9. The molecule has 0 aromatic carbocycles. The highest BCUT2D eigenvalue weighted by atomic mass is 16.4. The number of aromatic nitrogens is 2. The van der Waals surface area contributed by atoms with E-state index in [9.17, 15) is 9.59 Å². The van der Waals surface area contributed by atoms with Crippen molar-refractivity contribution in [2.75, 3.05) is 0 Å². The molecule has 1 atom stereocenters. The predicted molar refractivity (Wildman–Crippen MR) is 50.6 cm³/mol. The van der Waals surface area contributed by atoms with Crippen molar-refractivity contribution in [1.82, 2.24) is 9.78 Å². The summed E-state index contributed by atoms with van der Waals surface area (Å²) in [6.07, 6.45) is 1.09. The van der Waals surface area contributed by atoms with Crippen LogP contribution < -0.4 is 0 Å². The normalized spacial score (nSPS) is 12.4. The van der Waals surface area contributed by atoms with Gasteiger partial charge >= 0.3 is 11.9 Å². The molecule has 0 saturated heterocycles. The van der Waals surface area contributed by atoms with Crippen LogP contribution in [-0.4, -0.2) is 31.9 Å². The first kappa shape index (κ1) is 11.2. The summed E-state index contributed by atoms with van der Waals surface area (Å²) in [6, 6.07) is 0. The van der Waals surface area contributed by atoms with E-state index in [-0.39, 0.29) is 0 Å². The molecule has 1 aromatic rings. The molecule has 0 amide bonds. The van der Waals surface area contributed by atoms with Gasteiger partial charge in [0.05, 0.1) is 18.3 Å². The van der Waals surface area contributed by atoms with E-state index in [4.69, 9.17) is 10.2 Å². The van der Waals surface area contributed by atoms with E-state index in [0.717, 1.165) is 0 Å². The average molecular weight is 212 g/mol. The summed E-state index contributed by atoms with van der Waals surface area (Å²) in [6.45, 7) is 1.71. The van der Waals surface area contributed by atoms with Gasteiger partial charge in [0.15, 0.2) is 0 Å². The van der Waals surface area contributed by atoms with Crippen molar-refractivity contribution in [1.29, 1.82) is 0 Å². The highest BCUT2D eigenvalue weighted by Crippen LogP contribution is 2.22. The Labute approximate surface area is 86.1 Å². The second-order valence-electron chi connectivity index (χ2n) is 3.33. The second-order valence-corrected chi connectivity index (χ2v) is 3.33. The molecule has 0 aliphatic rings. The number of nitrogens with zero attached hydrogens (tertiary/aromatic N) is 2. The molecular weight excluding hydrogens is 200 g/mol. The zero-order chi connectivity index (χ0) is 11.6. The Morgan fingerprint density at radius 1 is 1.53 bits per heavy atom. The molecule has 1 rings (SSSR count). The van der Waals surface area contributed by atoms with Gasteiger partial charge in [-0.3, -0.25) is 14.3 Å². The van der Waals surface area contributed by atoms with Crippen LogP contribution in [0.3, 0.4) is 0 Å². The molecule has 0 radical (unpaired) electrons. The lowest BCUT2D eigenvalue weighted by molar-refractivity contribution is -0.145. The molecule has 2 N–H and O–H groups in total. The smallest absolute Gasteiger partial charge is 0.313 e.